The van der Waals surface area contributed by atoms with Crippen molar-refractivity contribution in [3.05, 3.63) is 85.2 Å². The summed E-state index contributed by atoms with van der Waals surface area (Å²) >= 11 is 0. The second-order valence-corrected chi connectivity index (χ2v) is 22.9. The first kappa shape index (κ1) is 50.9. The van der Waals surface area contributed by atoms with Gasteiger partial charge in [-0.3, -0.25) is 19.6 Å². The molecule has 6 aromatic rings. The van der Waals surface area contributed by atoms with E-state index in [-0.39, 0.29) is 58.6 Å². The van der Waals surface area contributed by atoms with Gasteiger partial charge in [-0.05, 0) is 111 Å². The molecule has 0 bridgehead atoms. The summed E-state index contributed by atoms with van der Waals surface area (Å²) in [6.45, 7) is 0.907. The third kappa shape index (κ3) is 13.5. The standard InChI is InChI=1S/C26H28N2O6S.C21H20N2O4.C5H10O3S/c1-32-25-14-18(5-7-24(25)34-20-8-11-35(30,31)12-9-20)22-15-23-21(3-2-10-27-23)26(28-22)33-16-17-4-6-19(29)13-17;1-26-20-10-14(5-7-19(20)25)17-11-18-16(3-2-8-22-18)21(23-17)27-12-13-4-6-15(24)9-13;6-5-1-3-9(7,8)4-2-5/h2-3,5,7,10,14-15,17,20H,4,6,8-9,11-13,16H2,1H3;2-3,5,7-8,10-11,13,25H,4,6,9,12H2,1H3;5-6H,1-4H2/t17-;13-;/m00./s1. The Kier molecular flexibility index (Phi) is 16.3. The number of phenols is 1. The molecule has 10 rings (SSSR count). The summed E-state index contributed by atoms with van der Waals surface area (Å²) in [6, 6.07) is 22.0. The van der Waals surface area contributed by atoms with Crippen molar-refractivity contribution in [2.75, 3.05) is 50.4 Å². The number of pyridine rings is 4. The molecule has 4 fully saturated rings. The van der Waals surface area contributed by atoms with Crippen LogP contribution in [0.3, 0.4) is 0 Å². The van der Waals surface area contributed by atoms with E-state index in [2.05, 4.69) is 15.0 Å². The maximum Gasteiger partial charge on any atom is 0.223 e. The van der Waals surface area contributed by atoms with Gasteiger partial charge in [0.05, 0.1) is 89.7 Å². The molecule has 71 heavy (non-hydrogen) atoms. The second kappa shape index (κ2) is 22.8. The van der Waals surface area contributed by atoms with Crippen LogP contribution in [0.15, 0.2) is 85.2 Å². The van der Waals surface area contributed by atoms with Crippen molar-refractivity contribution in [3.63, 3.8) is 0 Å². The van der Waals surface area contributed by atoms with Crippen LogP contribution in [0.5, 0.6) is 34.8 Å². The molecule has 2 N–H and O–H groups in total. The minimum atomic E-state index is -2.96. The zero-order chi connectivity index (χ0) is 50.1. The molecular formula is C52H58N4O13S2. The number of hydrogen-bond acceptors (Lipinski definition) is 17. The quantitative estimate of drug-likeness (QED) is 0.122. The fraction of sp³-hybridized carbons (Fsp3) is 0.423. The molecule has 6 heterocycles. The minimum Gasteiger partial charge on any atom is -0.504 e. The number of aromatic nitrogens is 4. The number of carbonyl (C=O) groups excluding carboxylic acids is 2. The van der Waals surface area contributed by atoms with Gasteiger partial charge in [-0.25, -0.2) is 26.8 Å². The van der Waals surface area contributed by atoms with Crippen molar-refractivity contribution in [1.29, 1.82) is 0 Å². The van der Waals surface area contributed by atoms with Crippen molar-refractivity contribution in [3.8, 4) is 57.3 Å². The maximum atomic E-state index is 11.7. The molecule has 2 aliphatic carbocycles. The van der Waals surface area contributed by atoms with E-state index in [4.69, 9.17) is 33.8 Å². The molecule has 4 aliphatic rings. The normalized spacial score (nSPS) is 19.8. The number of sulfone groups is 2. The van der Waals surface area contributed by atoms with Gasteiger partial charge in [0.25, 0.3) is 0 Å². The highest BCUT2D eigenvalue weighted by atomic mass is 32.2. The zero-order valence-corrected chi connectivity index (χ0v) is 41.3. The highest BCUT2D eigenvalue weighted by molar-refractivity contribution is 7.91. The van der Waals surface area contributed by atoms with E-state index in [0.29, 0.717) is 111 Å². The lowest BCUT2D eigenvalue weighted by Gasteiger charge is -2.24. The number of phenolic OH excluding ortho intramolecular Hbond substituents is 1. The SMILES string of the molecule is COc1cc(-c2cc3ncccc3c(OC[C@H]3CCC(=O)C3)n2)ccc1O.COc1cc(-c2cc3ncccc3c(OC[C@H]3CCC(=O)C3)n2)ccc1OC1CCS(=O)(=O)CC1.O=S1(=O)CCC(O)CC1. The van der Waals surface area contributed by atoms with Gasteiger partial charge in [0.1, 0.15) is 17.7 Å². The van der Waals surface area contributed by atoms with E-state index < -0.39 is 19.7 Å². The van der Waals surface area contributed by atoms with Gasteiger partial charge in [-0.15, -0.1) is 0 Å². The number of aromatic hydroxyl groups is 1. The molecule has 2 atom stereocenters. The van der Waals surface area contributed by atoms with Crippen LogP contribution in [0.1, 0.15) is 64.2 Å². The van der Waals surface area contributed by atoms with Crippen LogP contribution >= 0.6 is 0 Å². The summed E-state index contributed by atoms with van der Waals surface area (Å²) in [4.78, 5) is 41.5. The predicted molar refractivity (Wildman–Crippen MR) is 267 cm³/mol. The summed E-state index contributed by atoms with van der Waals surface area (Å²) in [5, 5.41) is 20.4. The van der Waals surface area contributed by atoms with Crippen molar-refractivity contribution < 1.29 is 60.3 Å². The number of rotatable bonds is 12. The van der Waals surface area contributed by atoms with Crippen molar-refractivity contribution in [1.82, 2.24) is 19.9 Å². The Balaban J connectivity index is 0.000000166. The first-order valence-corrected chi connectivity index (χ1v) is 27.4. The van der Waals surface area contributed by atoms with E-state index in [1.54, 1.807) is 37.7 Å². The van der Waals surface area contributed by atoms with E-state index >= 15 is 0 Å². The number of methoxy groups -OCH3 is 2. The Bertz CT molecular complexity index is 3090. The van der Waals surface area contributed by atoms with Crippen LogP contribution in [-0.2, 0) is 29.3 Å². The predicted octanol–water partition coefficient (Wildman–Crippen LogP) is 7.32. The third-order valence-electron chi connectivity index (χ3n) is 13.0. The average Bonchev–Trinajstić information content (AvgIpc) is 4.00. The number of nitrogens with zero attached hydrogens (tertiary/aromatic N) is 4. The molecule has 2 aliphatic heterocycles. The monoisotopic (exact) mass is 1010 g/mol. The molecule has 19 heteroatoms. The third-order valence-corrected chi connectivity index (χ3v) is 16.4. The van der Waals surface area contributed by atoms with Gasteiger partial charge in [-0.1, -0.05) is 0 Å². The molecule has 2 aromatic carbocycles. The van der Waals surface area contributed by atoms with E-state index in [9.17, 15) is 31.5 Å². The van der Waals surface area contributed by atoms with Gasteiger partial charge >= 0.3 is 0 Å². The minimum absolute atomic E-state index is 0.0718. The Hall–Kier alpha value is -6.44. The molecule has 0 amide bonds. The Morgan fingerprint density at radius 3 is 1.54 bits per heavy atom. The fourth-order valence-electron chi connectivity index (χ4n) is 8.87. The first-order valence-electron chi connectivity index (χ1n) is 23.8. The Labute approximate surface area is 412 Å². The van der Waals surface area contributed by atoms with Gasteiger partial charge in [0, 0.05) is 61.0 Å². The largest absolute Gasteiger partial charge is 0.504 e. The van der Waals surface area contributed by atoms with Crippen LogP contribution in [-0.4, -0.2) is 121 Å². The fourth-order valence-corrected chi connectivity index (χ4v) is 11.8. The van der Waals surface area contributed by atoms with Crippen molar-refractivity contribution in [2.45, 2.75) is 76.4 Å². The lowest BCUT2D eigenvalue weighted by molar-refractivity contribution is -0.118. The molecule has 0 radical (unpaired) electrons. The van der Waals surface area contributed by atoms with Gasteiger partial charge in [0.2, 0.25) is 11.8 Å². The molecule has 376 valence electrons. The van der Waals surface area contributed by atoms with Crippen molar-refractivity contribution >= 4 is 53.0 Å². The van der Waals surface area contributed by atoms with Crippen LogP contribution in [0.2, 0.25) is 0 Å². The molecule has 17 nitrogen and oxygen atoms in total. The van der Waals surface area contributed by atoms with Gasteiger partial charge in [0.15, 0.2) is 42.7 Å². The highest BCUT2D eigenvalue weighted by Crippen LogP contribution is 2.37. The van der Waals surface area contributed by atoms with E-state index in [1.165, 1.54) is 7.11 Å². The van der Waals surface area contributed by atoms with Crippen LogP contribution in [0.25, 0.3) is 44.3 Å². The number of benzene rings is 2. The number of ketones is 2. The molecule has 4 aromatic heterocycles. The maximum absolute atomic E-state index is 11.7. The van der Waals surface area contributed by atoms with Gasteiger partial charge in [-0.2, -0.15) is 0 Å². The number of fused-ring (bicyclic) bond motifs is 2. The van der Waals surface area contributed by atoms with Gasteiger partial charge < -0.3 is 33.9 Å². The average molecular weight is 1010 g/mol. The smallest absolute Gasteiger partial charge is 0.223 e. The van der Waals surface area contributed by atoms with Crippen LogP contribution in [0.4, 0.5) is 0 Å². The Morgan fingerprint density at radius 2 is 1.07 bits per heavy atom. The number of carbonyl (C=O) groups is 2. The second-order valence-electron chi connectivity index (χ2n) is 18.3. The number of aliphatic hydroxyl groups is 1. The van der Waals surface area contributed by atoms with E-state index in [1.807, 2.05) is 54.6 Å². The summed E-state index contributed by atoms with van der Waals surface area (Å²) in [6.07, 6.45) is 8.79. The first-order chi connectivity index (χ1) is 34.1. The molecular weight excluding hydrogens is 953 g/mol. The van der Waals surface area contributed by atoms with Crippen molar-refractivity contribution in [2.24, 2.45) is 11.8 Å². The topological polar surface area (TPSA) is 241 Å². The number of Topliss-reactive ketones (excluding diaryl/α,β-unsaturated/α-hetero) is 2. The summed E-state index contributed by atoms with van der Waals surface area (Å²) in [5.41, 5.74) is 4.50. The number of hydrogen-bond donors (Lipinski definition) is 2. The van der Waals surface area contributed by atoms with Crippen LogP contribution in [0, 0.1) is 11.8 Å². The molecule has 2 saturated carbocycles. The number of aliphatic hydroxyl groups excluding tert-OH is 1. The summed E-state index contributed by atoms with van der Waals surface area (Å²) in [7, 11) is -2.65. The Morgan fingerprint density at radius 1 is 0.592 bits per heavy atom. The summed E-state index contributed by atoms with van der Waals surface area (Å²) < 4.78 is 73.8. The molecule has 0 unspecified atom stereocenters. The lowest BCUT2D eigenvalue weighted by Crippen LogP contribution is -2.30. The highest BCUT2D eigenvalue weighted by Gasteiger charge is 2.27. The lowest BCUT2D eigenvalue weighted by atomic mass is 10.1. The molecule has 0 spiro atoms. The summed E-state index contributed by atoms with van der Waals surface area (Å²) in [5.74, 6) is 4.21. The number of ether oxygens (including phenoxy) is 5. The van der Waals surface area contributed by atoms with E-state index in [0.717, 1.165) is 45.8 Å². The van der Waals surface area contributed by atoms with Crippen LogP contribution < -0.4 is 23.7 Å². The molecule has 2 saturated heterocycles. The zero-order valence-electron chi connectivity index (χ0n) is 39.7.